The van der Waals surface area contributed by atoms with Crippen molar-refractivity contribution in [3.63, 3.8) is 0 Å². The number of para-hydroxylation sites is 1. The van der Waals surface area contributed by atoms with E-state index in [4.69, 9.17) is 4.74 Å². The normalized spacial score (nSPS) is 12.5. The molecule has 0 spiro atoms. The van der Waals surface area contributed by atoms with Crippen molar-refractivity contribution in [2.24, 2.45) is 0 Å². The molecule has 5 nitrogen and oxygen atoms in total. The first-order chi connectivity index (χ1) is 16.9. The summed E-state index contributed by atoms with van der Waals surface area (Å²) in [6.45, 7) is 3.18. The second-order valence-corrected chi connectivity index (χ2v) is 8.36. The number of amides is 2. The number of ether oxygens (including phenoxy) is 1. The smallest absolute Gasteiger partial charge is 0.261 e. The van der Waals surface area contributed by atoms with Crippen molar-refractivity contribution in [1.82, 2.24) is 10.2 Å². The lowest BCUT2D eigenvalue weighted by atomic mass is 10.0. The van der Waals surface area contributed by atoms with Gasteiger partial charge >= 0.3 is 0 Å². The summed E-state index contributed by atoms with van der Waals surface area (Å²) in [5.74, 6) is -2.07. The molecule has 0 fully saturated rings. The Labute approximate surface area is 204 Å². The van der Waals surface area contributed by atoms with Crippen LogP contribution in [0.3, 0.4) is 0 Å². The first kappa shape index (κ1) is 25.9. The molecule has 0 bridgehead atoms. The number of rotatable bonds is 11. The zero-order valence-corrected chi connectivity index (χ0v) is 19.9. The summed E-state index contributed by atoms with van der Waals surface area (Å²) < 4.78 is 34.0. The van der Waals surface area contributed by atoms with Gasteiger partial charge in [0.1, 0.15) is 11.9 Å². The average molecular weight is 481 g/mol. The summed E-state index contributed by atoms with van der Waals surface area (Å²) in [5.41, 5.74) is 1.11. The maximum Gasteiger partial charge on any atom is 0.261 e. The van der Waals surface area contributed by atoms with Gasteiger partial charge in [-0.2, -0.15) is 0 Å². The van der Waals surface area contributed by atoms with Gasteiger partial charge in [-0.15, -0.1) is 0 Å². The SMILES string of the molecule is CC[C@H](C)NC(=O)[C@H](Cc1ccccc1)N(Cc1ccccc1F)C(=O)COc1ccccc1F. The molecule has 3 aromatic carbocycles. The highest BCUT2D eigenvalue weighted by Crippen LogP contribution is 2.19. The number of hydrogen-bond donors (Lipinski definition) is 1. The summed E-state index contributed by atoms with van der Waals surface area (Å²) >= 11 is 0. The molecule has 3 rings (SSSR count). The van der Waals surface area contributed by atoms with E-state index in [1.807, 2.05) is 44.2 Å². The first-order valence-corrected chi connectivity index (χ1v) is 11.6. The number of benzene rings is 3. The van der Waals surface area contributed by atoms with Crippen LogP contribution in [0, 0.1) is 11.6 Å². The fraction of sp³-hybridized carbons (Fsp3) is 0.286. The van der Waals surface area contributed by atoms with Gasteiger partial charge in [0.2, 0.25) is 5.91 Å². The minimum Gasteiger partial charge on any atom is -0.481 e. The quantitative estimate of drug-likeness (QED) is 0.425. The van der Waals surface area contributed by atoms with Crippen LogP contribution in [0.25, 0.3) is 0 Å². The van der Waals surface area contributed by atoms with Crippen molar-refractivity contribution in [1.29, 1.82) is 0 Å². The van der Waals surface area contributed by atoms with E-state index in [1.54, 1.807) is 24.3 Å². The number of carbonyl (C=O) groups excluding carboxylic acids is 2. The maximum atomic E-state index is 14.6. The molecule has 1 N–H and O–H groups in total. The fourth-order valence-corrected chi connectivity index (χ4v) is 3.59. The summed E-state index contributed by atoms with van der Waals surface area (Å²) in [6, 6.07) is 20.1. The molecule has 3 aromatic rings. The van der Waals surface area contributed by atoms with Crippen LogP contribution in [-0.2, 0) is 22.6 Å². The van der Waals surface area contributed by atoms with Crippen LogP contribution in [0.5, 0.6) is 5.75 Å². The molecular weight excluding hydrogens is 450 g/mol. The third kappa shape index (κ3) is 7.37. The average Bonchev–Trinajstić information content (AvgIpc) is 2.87. The van der Waals surface area contributed by atoms with Crippen molar-refractivity contribution < 1.29 is 23.1 Å². The molecule has 0 aliphatic rings. The molecule has 184 valence electrons. The Kier molecular flexibility index (Phi) is 9.35. The van der Waals surface area contributed by atoms with E-state index in [0.29, 0.717) is 6.42 Å². The predicted octanol–water partition coefficient (Wildman–Crippen LogP) is 4.90. The van der Waals surface area contributed by atoms with Crippen LogP contribution in [-0.4, -0.2) is 35.4 Å². The molecular formula is C28H30F2N2O3. The van der Waals surface area contributed by atoms with Crippen LogP contribution in [0.15, 0.2) is 78.9 Å². The lowest BCUT2D eigenvalue weighted by Gasteiger charge is -2.32. The van der Waals surface area contributed by atoms with Gasteiger partial charge in [-0.1, -0.05) is 67.6 Å². The van der Waals surface area contributed by atoms with E-state index in [2.05, 4.69) is 5.32 Å². The standard InChI is InChI=1S/C28H30F2N2O3/c1-3-20(2)31-28(34)25(17-21-11-5-4-6-12-21)32(18-22-13-7-8-14-23(22)29)27(33)19-35-26-16-10-9-15-24(26)30/h4-16,20,25H,3,17-19H2,1-2H3,(H,31,34)/t20-,25-/m0/s1. The third-order valence-corrected chi connectivity index (χ3v) is 5.76. The molecule has 0 radical (unpaired) electrons. The van der Waals surface area contributed by atoms with Gasteiger partial charge in [0, 0.05) is 24.6 Å². The molecule has 0 aliphatic heterocycles. The van der Waals surface area contributed by atoms with E-state index >= 15 is 0 Å². The summed E-state index contributed by atoms with van der Waals surface area (Å²) in [7, 11) is 0. The summed E-state index contributed by atoms with van der Waals surface area (Å²) in [6.07, 6.45) is 0.935. The molecule has 7 heteroatoms. The fourth-order valence-electron chi connectivity index (χ4n) is 3.59. The minimum atomic E-state index is -0.928. The van der Waals surface area contributed by atoms with E-state index in [0.717, 1.165) is 5.56 Å². The molecule has 0 aliphatic carbocycles. The Morgan fingerprint density at radius 1 is 0.914 bits per heavy atom. The number of nitrogens with zero attached hydrogens (tertiary/aromatic N) is 1. The van der Waals surface area contributed by atoms with Gasteiger partial charge in [0.25, 0.3) is 5.91 Å². The first-order valence-electron chi connectivity index (χ1n) is 11.6. The predicted molar refractivity (Wildman–Crippen MR) is 131 cm³/mol. The van der Waals surface area contributed by atoms with Crippen LogP contribution in [0.4, 0.5) is 8.78 Å². The maximum absolute atomic E-state index is 14.6. The highest BCUT2D eigenvalue weighted by Gasteiger charge is 2.31. The monoisotopic (exact) mass is 480 g/mol. The number of hydrogen-bond acceptors (Lipinski definition) is 3. The van der Waals surface area contributed by atoms with E-state index in [9.17, 15) is 18.4 Å². The largest absolute Gasteiger partial charge is 0.481 e. The molecule has 2 amide bonds. The molecule has 0 saturated carbocycles. The summed E-state index contributed by atoms with van der Waals surface area (Å²) in [4.78, 5) is 28.1. The number of nitrogens with one attached hydrogen (secondary N) is 1. The second kappa shape index (κ2) is 12.6. The number of halogens is 2. The Hall–Kier alpha value is -3.74. The van der Waals surface area contributed by atoms with Crippen LogP contribution in [0.2, 0.25) is 0 Å². The Morgan fingerprint density at radius 3 is 2.20 bits per heavy atom. The Morgan fingerprint density at radius 2 is 1.54 bits per heavy atom. The molecule has 0 heterocycles. The van der Waals surface area contributed by atoms with Crippen LogP contribution < -0.4 is 10.1 Å². The molecule has 0 saturated heterocycles. The molecule has 0 aromatic heterocycles. The van der Waals surface area contributed by atoms with E-state index in [1.165, 1.54) is 29.2 Å². The highest BCUT2D eigenvalue weighted by molar-refractivity contribution is 5.88. The Balaban J connectivity index is 1.93. The van der Waals surface area contributed by atoms with Crippen molar-refractivity contribution in [3.05, 3.63) is 102 Å². The van der Waals surface area contributed by atoms with Crippen molar-refractivity contribution in [2.45, 2.75) is 45.3 Å². The van der Waals surface area contributed by atoms with Gasteiger partial charge in [-0.25, -0.2) is 8.78 Å². The topological polar surface area (TPSA) is 58.6 Å². The van der Waals surface area contributed by atoms with Gasteiger partial charge < -0.3 is 15.0 Å². The van der Waals surface area contributed by atoms with Crippen LogP contribution in [0.1, 0.15) is 31.4 Å². The van der Waals surface area contributed by atoms with Gasteiger partial charge in [-0.3, -0.25) is 9.59 Å². The zero-order chi connectivity index (χ0) is 25.2. The van der Waals surface area contributed by atoms with E-state index in [-0.39, 0.29) is 36.2 Å². The lowest BCUT2D eigenvalue weighted by molar-refractivity contribution is -0.143. The zero-order valence-electron chi connectivity index (χ0n) is 19.9. The van der Waals surface area contributed by atoms with Gasteiger partial charge in [-0.05, 0) is 37.1 Å². The third-order valence-electron chi connectivity index (χ3n) is 5.76. The molecule has 0 unspecified atom stereocenters. The lowest BCUT2D eigenvalue weighted by Crippen LogP contribution is -2.53. The van der Waals surface area contributed by atoms with Crippen molar-refractivity contribution in [3.8, 4) is 5.75 Å². The van der Waals surface area contributed by atoms with Gasteiger partial charge in [0.05, 0.1) is 0 Å². The van der Waals surface area contributed by atoms with E-state index < -0.39 is 30.2 Å². The van der Waals surface area contributed by atoms with Crippen molar-refractivity contribution in [2.75, 3.05) is 6.61 Å². The highest BCUT2D eigenvalue weighted by atomic mass is 19.1. The minimum absolute atomic E-state index is 0.0737. The Bertz CT molecular complexity index is 1120. The number of carbonyl (C=O) groups is 2. The van der Waals surface area contributed by atoms with Gasteiger partial charge in [0.15, 0.2) is 18.2 Å². The van der Waals surface area contributed by atoms with Crippen LogP contribution >= 0.6 is 0 Å². The van der Waals surface area contributed by atoms with Crippen molar-refractivity contribution >= 4 is 11.8 Å². The second-order valence-electron chi connectivity index (χ2n) is 8.36. The molecule has 35 heavy (non-hydrogen) atoms. The molecule has 2 atom stereocenters. The summed E-state index contributed by atoms with van der Waals surface area (Å²) in [5, 5.41) is 2.94.